The lowest BCUT2D eigenvalue weighted by Crippen LogP contribution is -2.47. The molecule has 0 N–H and O–H groups in total. The molecular weight excluding hydrogens is 426 g/mol. The molecule has 0 aromatic heterocycles. The smallest absolute Gasteiger partial charge is 0.119 e. The van der Waals surface area contributed by atoms with Gasteiger partial charge in [0, 0.05) is 16.4 Å². The molecule has 3 rings (SSSR count). The van der Waals surface area contributed by atoms with Crippen LogP contribution in [0.15, 0.2) is 95.2 Å². The first-order valence-electron chi connectivity index (χ1n) is 11.2. The summed E-state index contributed by atoms with van der Waals surface area (Å²) in [5.41, 5.74) is 19.2. The SMILES string of the molecule is CCC(N=[N+]=[N-])(c1ccccc1)C(N=[N+]=[N-])(c1ccccc1)c1ccc(OCCN(C)C)cc1. The summed E-state index contributed by atoms with van der Waals surface area (Å²) in [6.07, 6.45) is 0.399. The molecule has 0 fully saturated rings. The Hall–Kier alpha value is -3.96. The van der Waals surface area contributed by atoms with E-state index in [1.165, 1.54) is 0 Å². The third kappa shape index (κ3) is 4.70. The Bertz CT molecular complexity index is 1150. The molecule has 0 aliphatic heterocycles. The van der Waals surface area contributed by atoms with Crippen LogP contribution >= 0.6 is 0 Å². The maximum atomic E-state index is 9.82. The van der Waals surface area contributed by atoms with Gasteiger partial charge in [0.25, 0.3) is 0 Å². The molecule has 0 aliphatic rings. The lowest BCUT2D eigenvalue weighted by Gasteiger charge is -2.46. The fourth-order valence-corrected chi connectivity index (χ4v) is 4.39. The molecule has 0 radical (unpaired) electrons. The van der Waals surface area contributed by atoms with E-state index in [1.807, 2.05) is 111 Å². The van der Waals surface area contributed by atoms with Crippen LogP contribution in [-0.4, -0.2) is 32.1 Å². The van der Waals surface area contributed by atoms with Crippen molar-refractivity contribution in [3.63, 3.8) is 0 Å². The number of azide groups is 2. The van der Waals surface area contributed by atoms with Gasteiger partial charge in [-0.2, -0.15) is 0 Å². The largest absolute Gasteiger partial charge is 0.492 e. The number of hydrogen-bond donors (Lipinski definition) is 0. The highest BCUT2D eigenvalue weighted by molar-refractivity contribution is 5.49. The maximum absolute atomic E-state index is 9.82. The molecule has 3 aromatic rings. The van der Waals surface area contributed by atoms with Crippen LogP contribution in [0.2, 0.25) is 0 Å². The van der Waals surface area contributed by atoms with E-state index in [2.05, 4.69) is 20.1 Å². The number of benzene rings is 3. The molecule has 34 heavy (non-hydrogen) atoms. The lowest BCUT2D eigenvalue weighted by atomic mass is 9.64. The first-order valence-corrected chi connectivity index (χ1v) is 11.2. The number of likely N-dealkylation sites (N-methyl/N-ethyl adjacent to an activating group) is 1. The first kappa shape index (κ1) is 24.7. The molecule has 0 heterocycles. The predicted molar refractivity (Wildman–Crippen MR) is 134 cm³/mol. The van der Waals surface area contributed by atoms with Gasteiger partial charge in [0.15, 0.2) is 0 Å². The van der Waals surface area contributed by atoms with Crippen LogP contribution < -0.4 is 4.74 Å². The second-order valence-electron chi connectivity index (χ2n) is 8.21. The average Bonchev–Trinajstić information content (AvgIpc) is 2.87. The zero-order valence-corrected chi connectivity index (χ0v) is 19.7. The topological polar surface area (TPSA) is 110 Å². The Morgan fingerprint density at radius 2 is 1.29 bits per heavy atom. The standard InChI is InChI=1S/C26H29N7O/c1-4-25(29-31-27,21-11-7-5-8-12-21)26(30-32-28,22-13-9-6-10-14-22)23-15-17-24(18-16-23)34-20-19-33(2)3/h5-18H,4,19-20H2,1-3H3. The van der Waals surface area contributed by atoms with Gasteiger partial charge in [-0.05, 0) is 60.4 Å². The molecule has 174 valence electrons. The van der Waals surface area contributed by atoms with Crippen molar-refractivity contribution in [2.24, 2.45) is 10.2 Å². The van der Waals surface area contributed by atoms with Gasteiger partial charge >= 0.3 is 0 Å². The summed E-state index contributed by atoms with van der Waals surface area (Å²) in [5, 5.41) is 8.78. The van der Waals surface area contributed by atoms with Crippen molar-refractivity contribution in [1.29, 1.82) is 0 Å². The van der Waals surface area contributed by atoms with Crippen molar-refractivity contribution in [2.45, 2.75) is 24.4 Å². The molecule has 0 saturated heterocycles. The van der Waals surface area contributed by atoms with Crippen LogP contribution in [0.25, 0.3) is 20.9 Å². The Kier molecular flexibility index (Phi) is 8.17. The van der Waals surface area contributed by atoms with E-state index in [1.54, 1.807) is 0 Å². The van der Waals surface area contributed by atoms with E-state index in [0.29, 0.717) is 24.3 Å². The Balaban J connectivity index is 2.29. The van der Waals surface area contributed by atoms with E-state index in [9.17, 15) is 11.1 Å². The van der Waals surface area contributed by atoms with Crippen molar-refractivity contribution in [1.82, 2.24) is 4.90 Å². The average molecular weight is 456 g/mol. The summed E-state index contributed by atoms with van der Waals surface area (Å²) in [4.78, 5) is 8.57. The molecule has 2 unspecified atom stereocenters. The van der Waals surface area contributed by atoms with Crippen molar-refractivity contribution < 1.29 is 4.74 Å². The minimum absolute atomic E-state index is 0.399. The lowest BCUT2D eigenvalue weighted by molar-refractivity contribution is 0.254. The van der Waals surface area contributed by atoms with Crippen LogP contribution in [0.4, 0.5) is 0 Å². The van der Waals surface area contributed by atoms with Crippen LogP contribution in [0.3, 0.4) is 0 Å². The predicted octanol–water partition coefficient (Wildman–Crippen LogP) is 6.80. The van der Waals surface area contributed by atoms with E-state index in [4.69, 9.17) is 4.74 Å². The monoisotopic (exact) mass is 455 g/mol. The maximum Gasteiger partial charge on any atom is 0.119 e. The van der Waals surface area contributed by atoms with Crippen molar-refractivity contribution >= 4 is 0 Å². The molecular formula is C26H29N7O. The molecule has 0 bridgehead atoms. The number of rotatable bonds is 11. The number of ether oxygens (including phenoxy) is 1. The van der Waals surface area contributed by atoms with Gasteiger partial charge in [0.2, 0.25) is 0 Å². The summed E-state index contributed by atoms with van der Waals surface area (Å²) in [6.45, 7) is 3.28. The van der Waals surface area contributed by atoms with E-state index in [-0.39, 0.29) is 0 Å². The van der Waals surface area contributed by atoms with Crippen LogP contribution in [0, 0.1) is 0 Å². The molecule has 0 amide bonds. The Labute approximate surface area is 200 Å². The van der Waals surface area contributed by atoms with Crippen LogP contribution in [0.1, 0.15) is 30.0 Å². The molecule has 0 spiro atoms. The van der Waals surface area contributed by atoms with E-state index in [0.717, 1.165) is 17.7 Å². The highest BCUT2D eigenvalue weighted by atomic mass is 16.5. The summed E-state index contributed by atoms with van der Waals surface area (Å²) < 4.78 is 5.87. The normalized spacial score (nSPS) is 14.2. The van der Waals surface area contributed by atoms with Gasteiger partial charge in [-0.25, -0.2) is 0 Å². The third-order valence-corrected chi connectivity index (χ3v) is 6.04. The zero-order chi connectivity index (χ0) is 24.4. The Morgan fingerprint density at radius 1 is 0.765 bits per heavy atom. The van der Waals surface area contributed by atoms with Gasteiger partial charge in [-0.1, -0.05) is 89.9 Å². The van der Waals surface area contributed by atoms with Gasteiger partial charge in [0.05, 0.1) is 5.54 Å². The molecule has 3 aromatic carbocycles. The van der Waals surface area contributed by atoms with Gasteiger partial charge < -0.3 is 9.64 Å². The number of nitrogens with zero attached hydrogens (tertiary/aromatic N) is 7. The fourth-order valence-electron chi connectivity index (χ4n) is 4.39. The molecule has 8 nitrogen and oxygen atoms in total. The van der Waals surface area contributed by atoms with Crippen molar-refractivity contribution in [2.75, 3.05) is 27.2 Å². The minimum Gasteiger partial charge on any atom is -0.492 e. The second kappa shape index (κ2) is 11.3. The van der Waals surface area contributed by atoms with E-state index < -0.39 is 11.1 Å². The zero-order valence-electron chi connectivity index (χ0n) is 19.7. The summed E-state index contributed by atoms with van der Waals surface area (Å²) in [5.74, 6) is 0.707. The minimum atomic E-state index is -1.34. The number of hydrogen-bond acceptors (Lipinski definition) is 4. The third-order valence-electron chi connectivity index (χ3n) is 6.04. The van der Waals surface area contributed by atoms with E-state index >= 15 is 0 Å². The van der Waals surface area contributed by atoms with Crippen molar-refractivity contribution in [3.8, 4) is 5.75 Å². The second-order valence-corrected chi connectivity index (χ2v) is 8.21. The summed E-state index contributed by atoms with van der Waals surface area (Å²) in [6, 6.07) is 26.4. The molecule has 0 saturated carbocycles. The first-order chi connectivity index (χ1) is 16.5. The molecule has 8 heteroatoms. The fraction of sp³-hybridized carbons (Fsp3) is 0.308. The van der Waals surface area contributed by atoms with Crippen LogP contribution in [-0.2, 0) is 11.1 Å². The highest BCUT2D eigenvalue weighted by Gasteiger charge is 2.53. The van der Waals surface area contributed by atoms with Crippen molar-refractivity contribution in [3.05, 3.63) is 123 Å². The molecule has 0 aliphatic carbocycles. The quantitative estimate of drug-likeness (QED) is 0.180. The van der Waals surface area contributed by atoms with Gasteiger partial charge in [-0.3, -0.25) is 0 Å². The summed E-state index contributed by atoms with van der Waals surface area (Å²) >= 11 is 0. The molecule has 2 atom stereocenters. The van der Waals surface area contributed by atoms with Crippen LogP contribution in [0.5, 0.6) is 5.75 Å². The van der Waals surface area contributed by atoms with Gasteiger partial charge in [-0.15, -0.1) is 0 Å². The Morgan fingerprint density at radius 3 is 1.79 bits per heavy atom. The summed E-state index contributed by atoms with van der Waals surface area (Å²) in [7, 11) is 3.98. The van der Waals surface area contributed by atoms with Gasteiger partial charge in [0.1, 0.15) is 17.9 Å². The highest BCUT2D eigenvalue weighted by Crippen LogP contribution is 2.53.